The normalized spacial score (nSPS) is 22.9. The Bertz CT molecular complexity index is 537. The molecule has 0 bridgehead atoms. The maximum atomic E-state index is 12.3. The van der Waals surface area contributed by atoms with Gasteiger partial charge in [-0.1, -0.05) is 29.8 Å². The molecule has 0 aromatic heterocycles. The second-order valence-electron chi connectivity index (χ2n) is 4.66. The van der Waals surface area contributed by atoms with Gasteiger partial charge in [0, 0.05) is 17.3 Å². The second kappa shape index (κ2) is 5.06. The summed E-state index contributed by atoms with van der Waals surface area (Å²) in [5.41, 5.74) is 0.879. The van der Waals surface area contributed by atoms with Gasteiger partial charge in [-0.15, -0.1) is 11.8 Å². The SMILES string of the molecule is O=C1[C@@H]2CSCN2C(=O)CN1Cc1ccccc1Cl. The molecule has 2 fully saturated rings. The van der Waals surface area contributed by atoms with E-state index in [1.807, 2.05) is 18.2 Å². The largest absolute Gasteiger partial charge is 0.327 e. The Hall–Kier alpha value is -1.20. The van der Waals surface area contributed by atoms with E-state index in [1.54, 1.807) is 27.6 Å². The molecule has 4 nitrogen and oxygen atoms in total. The summed E-state index contributed by atoms with van der Waals surface area (Å²) >= 11 is 7.73. The standard InChI is InChI=1S/C13H13ClN2O2S/c14-10-4-2-1-3-9(10)5-15-6-12(17)16-8-19-7-11(16)13(15)18/h1-4,11H,5-8H2/t11-/m0/s1. The van der Waals surface area contributed by atoms with Crippen LogP contribution in [0.15, 0.2) is 24.3 Å². The van der Waals surface area contributed by atoms with E-state index in [0.717, 1.165) is 5.56 Å². The smallest absolute Gasteiger partial charge is 0.247 e. The van der Waals surface area contributed by atoms with Crippen LogP contribution in [0.1, 0.15) is 5.56 Å². The van der Waals surface area contributed by atoms with Crippen molar-refractivity contribution in [2.75, 3.05) is 18.2 Å². The van der Waals surface area contributed by atoms with Crippen LogP contribution in [-0.2, 0) is 16.1 Å². The van der Waals surface area contributed by atoms with E-state index in [1.165, 1.54) is 0 Å². The topological polar surface area (TPSA) is 40.6 Å². The van der Waals surface area contributed by atoms with Gasteiger partial charge < -0.3 is 9.80 Å². The molecule has 2 aliphatic heterocycles. The van der Waals surface area contributed by atoms with Gasteiger partial charge in [-0.25, -0.2) is 0 Å². The van der Waals surface area contributed by atoms with Crippen molar-refractivity contribution < 1.29 is 9.59 Å². The molecule has 0 aliphatic carbocycles. The Morgan fingerprint density at radius 3 is 2.89 bits per heavy atom. The first-order valence-electron chi connectivity index (χ1n) is 6.06. The van der Waals surface area contributed by atoms with Crippen LogP contribution in [0, 0.1) is 0 Å². The van der Waals surface area contributed by atoms with E-state index in [-0.39, 0.29) is 24.4 Å². The Morgan fingerprint density at radius 1 is 1.32 bits per heavy atom. The summed E-state index contributed by atoms with van der Waals surface area (Å²) in [5, 5.41) is 0.631. The summed E-state index contributed by atoms with van der Waals surface area (Å²) in [6, 6.07) is 7.13. The zero-order valence-electron chi connectivity index (χ0n) is 10.2. The molecule has 2 heterocycles. The van der Waals surface area contributed by atoms with Crippen molar-refractivity contribution in [3.05, 3.63) is 34.9 Å². The third kappa shape index (κ3) is 2.32. The number of hydrogen-bond donors (Lipinski definition) is 0. The molecule has 2 amide bonds. The van der Waals surface area contributed by atoms with Crippen molar-refractivity contribution in [1.29, 1.82) is 0 Å². The maximum absolute atomic E-state index is 12.3. The molecule has 0 N–H and O–H groups in total. The van der Waals surface area contributed by atoms with E-state index in [4.69, 9.17) is 11.6 Å². The van der Waals surface area contributed by atoms with Crippen molar-refractivity contribution in [1.82, 2.24) is 9.80 Å². The third-order valence-electron chi connectivity index (χ3n) is 3.44. The van der Waals surface area contributed by atoms with Gasteiger partial charge in [-0.05, 0) is 11.6 Å². The van der Waals surface area contributed by atoms with E-state index < -0.39 is 0 Å². The highest BCUT2D eigenvalue weighted by Gasteiger charge is 2.42. The highest BCUT2D eigenvalue weighted by atomic mass is 35.5. The zero-order chi connectivity index (χ0) is 13.4. The van der Waals surface area contributed by atoms with Gasteiger partial charge in [-0.3, -0.25) is 9.59 Å². The third-order valence-corrected chi connectivity index (χ3v) is 4.83. The van der Waals surface area contributed by atoms with Gasteiger partial charge in [0.15, 0.2) is 0 Å². The van der Waals surface area contributed by atoms with Crippen LogP contribution in [0.2, 0.25) is 5.02 Å². The highest BCUT2D eigenvalue weighted by molar-refractivity contribution is 7.99. The minimum Gasteiger partial charge on any atom is -0.327 e. The van der Waals surface area contributed by atoms with Gasteiger partial charge in [-0.2, -0.15) is 0 Å². The van der Waals surface area contributed by atoms with Crippen molar-refractivity contribution in [2.45, 2.75) is 12.6 Å². The molecule has 19 heavy (non-hydrogen) atoms. The summed E-state index contributed by atoms with van der Waals surface area (Å²) in [5.74, 6) is 1.39. The zero-order valence-corrected chi connectivity index (χ0v) is 11.8. The predicted molar refractivity (Wildman–Crippen MR) is 74.8 cm³/mol. The predicted octanol–water partition coefficient (Wildman–Crippen LogP) is 1.58. The second-order valence-corrected chi connectivity index (χ2v) is 6.07. The average molecular weight is 297 g/mol. The highest BCUT2D eigenvalue weighted by Crippen LogP contribution is 2.27. The van der Waals surface area contributed by atoms with Crippen LogP contribution in [0.4, 0.5) is 0 Å². The Balaban J connectivity index is 1.80. The molecule has 1 aromatic rings. The van der Waals surface area contributed by atoms with E-state index >= 15 is 0 Å². The van der Waals surface area contributed by atoms with Crippen LogP contribution in [0.3, 0.4) is 0 Å². The van der Waals surface area contributed by atoms with E-state index in [2.05, 4.69) is 0 Å². The minimum absolute atomic E-state index is 0.0293. The van der Waals surface area contributed by atoms with Crippen LogP contribution in [0.25, 0.3) is 0 Å². The minimum atomic E-state index is -0.284. The number of carbonyl (C=O) groups excluding carboxylic acids is 2. The summed E-state index contributed by atoms with van der Waals surface area (Å²) in [7, 11) is 0. The van der Waals surface area contributed by atoms with Gasteiger partial charge in [0.1, 0.15) is 12.6 Å². The number of nitrogens with zero attached hydrogens (tertiary/aromatic N) is 2. The van der Waals surface area contributed by atoms with E-state index in [0.29, 0.717) is 23.2 Å². The summed E-state index contributed by atoms with van der Waals surface area (Å²) in [6.45, 7) is 0.556. The summed E-state index contributed by atoms with van der Waals surface area (Å²) in [6.07, 6.45) is 0. The quantitative estimate of drug-likeness (QED) is 0.832. The first-order valence-corrected chi connectivity index (χ1v) is 7.59. The molecule has 0 saturated carbocycles. The average Bonchev–Trinajstić information content (AvgIpc) is 2.88. The molecule has 2 aliphatic rings. The molecule has 2 saturated heterocycles. The van der Waals surface area contributed by atoms with Crippen LogP contribution >= 0.6 is 23.4 Å². The number of thioether (sulfide) groups is 1. The number of carbonyl (C=O) groups is 2. The number of amides is 2. The lowest BCUT2D eigenvalue weighted by Gasteiger charge is -2.35. The number of piperazine rings is 1. The van der Waals surface area contributed by atoms with Crippen molar-refractivity contribution >= 4 is 35.2 Å². The Labute approximate surface area is 120 Å². The van der Waals surface area contributed by atoms with Crippen LogP contribution in [0.5, 0.6) is 0 Å². The lowest BCUT2D eigenvalue weighted by molar-refractivity contribution is -0.153. The summed E-state index contributed by atoms with van der Waals surface area (Å²) < 4.78 is 0. The molecule has 6 heteroatoms. The van der Waals surface area contributed by atoms with Crippen LogP contribution in [-0.4, -0.2) is 45.8 Å². The molecule has 0 radical (unpaired) electrons. The molecular weight excluding hydrogens is 284 g/mol. The molecular formula is C13H13ClN2O2S. The fourth-order valence-electron chi connectivity index (χ4n) is 2.40. The fraction of sp³-hybridized carbons (Fsp3) is 0.385. The fourth-order valence-corrected chi connectivity index (χ4v) is 3.77. The van der Waals surface area contributed by atoms with Gasteiger partial charge in [0.05, 0.1) is 5.88 Å². The monoisotopic (exact) mass is 296 g/mol. The molecule has 100 valence electrons. The van der Waals surface area contributed by atoms with Crippen molar-refractivity contribution in [3.8, 4) is 0 Å². The van der Waals surface area contributed by atoms with E-state index in [9.17, 15) is 9.59 Å². The molecule has 0 unspecified atom stereocenters. The first kappa shape index (κ1) is 12.8. The lowest BCUT2D eigenvalue weighted by Crippen LogP contribution is -2.57. The molecule has 1 aromatic carbocycles. The number of hydrogen-bond acceptors (Lipinski definition) is 3. The first-order chi connectivity index (χ1) is 9.16. The molecule has 1 atom stereocenters. The number of benzene rings is 1. The number of halogens is 1. The van der Waals surface area contributed by atoms with Gasteiger partial charge >= 0.3 is 0 Å². The van der Waals surface area contributed by atoms with Gasteiger partial charge in [0.2, 0.25) is 11.8 Å². The van der Waals surface area contributed by atoms with Crippen molar-refractivity contribution in [3.63, 3.8) is 0 Å². The maximum Gasteiger partial charge on any atom is 0.247 e. The Morgan fingerprint density at radius 2 is 2.11 bits per heavy atom. The molecule has 0 spiro atoms. The number of rotatable bonds is 2. The lowest BCUT2D eigenvalue weighted by atomic mass is 10.1. The van der Waals surface area contributed by atoms with Crippen LogP contribution < -0.4 is 0 Å². The number of fused-ring (bicyclic) bond motifs is 1. The molecule has 3 rings (SSSR count). The van der Waals surface area contributed by atoms with Crippen molar-refractivity contribution in [2.24, 2.45) is 0 Å². The Kier molecular flexibility index (Phi) is 3.41. The summed E-state index contributed by atoms with van der Waals surface area (Å²) in [4.78, 5) is 27.6. The van der Waals surface area contributed by atoms with Gasteiger partial charge in [0.25, 0.3) is 0 Å².